The Morgan fingerprint density at radius 3 is 3.00 bits per heavy atom. The third kappa shape index (κ3) is 2.07. The lowest BCUT2D eigenvalue weighted by atomic mass is 10.1. The Hall–Kier alpha value is -1.23. The number of carboxylic acids is 1. The molecular formula is C10H9BrO4. The summed E-state index contributed by atoms with van der Waals surface area (Å²) >= 11 is 3.38. The molecule has 0 atom stereocenters. The second-order valence-corrected chi connectivity index (χ2v) is 3.96. The highest BCUT2D eigenvalue weighted by Crippen LogP contribution is 2.41. The molecule has 0 amide bonds. The van der Waals surface area contributed by atoms with E-state index in [9.17, 15) is 4.79 Å². The number of aliphatic carboxylic acids is 1. The number of hydrogen-bond donors (Lipinski definition) is 1. The fourth-order valence-corrected chi connectivity index (χ4v) is 2.05. The molecule has 0 saturated heterocycles. The maximum absolute atomic E-state index is 10.4. The normalized spacial score (nSPS) is 12.9. The first kappa shape index (κ1) is 10.3. The van der Waals surface area contributed by atoms with Gasteiger partial charge in [-0.3, -0.25) is 4.79 Å². The quantitative estimate of drug-likeness (QED) is 0.917. The summed E-state index contributed by atoms with van der Waals surface area (Å²) in [5.74, 6) is 0.554. The molecular weight excluding hydrogens is 264 g/mol. The van der Waals surface area contributed by atoms with Crippen LogP contribution in [0.3, 0.4) is 0 Å². The Morgan fingerprint density at radius 1 is 1.47 bits per heavy atom. The first-order chi connectivity index (χ1) is 7.18. The van der Waals surface area contributed by atoms with Crippen molar-refractivity contribution in [2.24, 2.45) is 0 Å². The van der Waals surface area contributed by atoms with Crippen LogP contribution in [0.1, 0.15) is 12.0 Å². The summed E-state index contributed by atoms with van der Waals surface area (Å²) in [6.07, 6.45) is 0.588. The van der Waals surface area contributed by atoms with E-state index in [1.807, 2.05) is 6.07 Å². The van der Waals surface area contributed by atoms with Crippen LogP contribution in [-0.4, -0.2) is 17.9 Å². The topological polar surface area (TPSA) is 55.8 Å². The zero-order valence-electron chi connectivity index (χ0n) is 7.83. The largest absolute Gasteiger partial charge is 0.481 e. The summed E-state index contributed by atoms with van der Waals surface area (Å²) in [7, 11) is 0. The Kier molecular flexibility index (Phi) is 2.81. The summed E-state index contributed by atoms with van der Waals surface area (Å²) < 4.78 is 11.2. The zero-order valence-corrected chi connectivity index (χ0v) is 9.41. The van der Waals surface area contributed by atoms with E-state index in [0.29, 0.717) is 17.9 Å². The fraction of sp³-hybridized carbons (Fsp3) is 0.300. The number of carbonyl (C=O) groups is 1. The molecule has 15 heavy (non-hydrogen) atoms. The smallest absolute Gasteiger partial charge is 0.303 e. The van der Waals surface area contributed by atoms with Gasteiger partial charge in [0.25, 0.3) is 0 Å². The van der Waals surface area contributed by atoms with E-state index in [1.165, 1.54) is 0 Å². The van der Waals surface area contributed by atoms with Crippen molar-refractivity contribution in [3.05, 3.63) is 22.2 Å². The van der Waals surface area contributed by atoms with E-state index in [2.05, 4.69) is 15.9 Å². The van der Waals surface area contributed by atoms with Crippen LogP contribution in [0.5, 0.6) is 11.5 Å². The third-order valence-corrected chi connectivity index (χ3v) is 3.04. The highest BCUT2D eigenvalue weighted by atomic mass is 79.9. The van der Waals surface area contributed by atoms with Crippen LogP contribution in [0.25, 0.3) is 0 Å². The molecule has 0 saturated carbocycles. The molecule has 1 heterocycles. The van der Waals surface area contributed by atoms with E-state index < -0.39 is 5.97 Å². The second kappa shape index (κ2) is 4.10. The minimum Gasteiger partial charge on any atom is -0.481 e. The number of ether oxygens (including phenoxy) is 2. The van der Waals surface area contributed by atoms with Gasteiger partial charge in [0.05, 0.1) is 4.47 Å². The molecule has 0 spiro atoms. The molecule has 4 nitrogen and oxygen atoms in total. The lowest BCUT2D eigenvalue weighted by Crippen LogP contribution is -1.98. The van der Waals surface area contributed by atoms with E-state index in [4.69, 9.17) is 14.6 Å². The highest BCUT2D eigenvalue weighted by molar-refractivity contribution is 9.10. The molecule has 1 N–H and O–H groups in total. The van der Waals surface area contributed by atoms with E-state index in [1.54, 1.807) is 6.07 Å². The van der Waals surface area contributed by atoms with E-state index in [-0.39, 0.29) is 13.2 Å². The maximum atomic E-state index is 10.4. The predicted octanol–water partition coefficient (Wildman–Crippen LogP) is 2.20. The van der Waals surface area contributed by atoms with Gasteiger partial charge in [-0.1, -0.05) is 6.07 Å². The van der Waals surface area contributed by atoms with Gasteiger partial charge in [-0.2, -0.15) is 0 Å². The number of fused-ring (bicyclic) bond motifs is 1. The van der Waals surface area contributed by atoms with Gasteiger partial charge in [-0.15, -0.1) is 0 Å². The number of benzene rings is 1. The Balaban J connectivity index is 2.22. The van der Waals surface area contributed by atoms with Gasteiger partial charge in [-0.05, 0) is 34.0 Å². The van der Waals surface area contributed by atoms with Crippen LogP contribution < -0.4 is 9.47 Å². The molecule has 1 aromatic carbocycles. The molecule has 0 bridgehead atoms. The Morgan fingerprint density at radius 2 is 2.27 bits per heavy atom. The molecule has 0 aliphatic carbocycles. The minimum atomic E-state index is -0.806. The molecule has 1 aromatic rings. The van der Waals surface area contributed by atoms with Crippen molar-refractivity contribution in [3.63, 3.8) is 0 Å². The molecule has 0 aromatic heterocycles. The van der Waals surface area contributed by atoms with Crippen molar-refractivity contribution in [3.8, 4) is 11.5 Å². The summed E-state index contributed by atoms with van der Waals surface area (Å²) in [5.41, 5.74) is 0.918. The summed E-state index contributed by atoms with van der Waals surface area (Å²) in [4.78, 5) is 10.4. The average molecular weight is 273 g/mol. The van der Waals surface area contributed by atoms with Crippen LogP contribution in [0.2, 0.25) is 0 Å². The molecule has 0 radical (unpaired) electrons. The van der Waals surface area contributed by atoms with Gasteiger partial charge in [0.2, 0.25) is 6.79 Å². The maximum Gasteiger partial charge on any atom is 0.303 e. The van der Waals surface area contributed by atoms with Gasteiger partial charge in [-0.25, -0.2) is 0 Å². The summed E-state index contributed by atoms with van der Waals surface area (Å²) in [6.45, 7) is 0.219. The number of aryl methyl sites for hydroxylation is 1. The average Bonchev–Trinajstić information content (AvgIpc) is 2.65. The van der Waals surface area contributed by atoms with Crippen molar-refractivity contribution >= 4 is 21.9 Å². The Labute approximate surface area is 94.9 Å². The van der Waals surface area contributed by atoms with E-state index >= 15 is 0 Å². The standard InChI is InChI=1S/C10H9BrO4/c11-9-6(2-4-8(12)13)1-3-7-10(9)15-5-14-7/h1,3H,2,4-5H2,(H,12,13). The molecule has 0 unspecified atom stereocenters. The minimum absolute atomic E-state index is 0.109. The van der Waals surface area contributed by atoms with Gasteiger partial charge in [0.15, 0.2) is 11.5 Å². The first-order valence-electron chi connectivity index (χ1n) is 4.47. The summed E-state index contributed by atoms with van der Waals surface area (Å²) in [6, 6.07) is 3.64. The SMILES string of the molecule is O=C(O)CCc1ccc2c(c1Br)OCO2. The third-order valence-electron chi connectivity index (χ3n) is 2.17. The first-order valence-corrected chi connectivity index (χ1v) is 5.26. The van der Waals surface area contributed by atoms with Crippen molar-refractivity contribution < 1.29 is 19.4 Å². The Bertz CT molecular complexity index is 403. The molecule has 1 aliphatic heterocycles. The van der Waals surface area contributed by atoms with Crippen LogP contribution in [-0.2, 0) is 11.2 Å². The second-order valence-electron chi connectivity index (χ2n) is 3.17. The fourth-order valence-electron chi connectivity index (χ4n) is 1.41. The van der Waals surface area contributed by atoms with E-state index in [0.717, 1.165) is 10.0 Å². The number of hydrogen-bond acceptors (Lipinski definition) is 3. The highest BCUT2D eigenvalue weighted by Gasteiger charge is 2.19. The number of halogens is 1. The molecule has 80 valence electrons. The monoisotopic (exact) mass is 272 g/mol. The lowest BCUT2D eigenvalue weighted by Gasteiger charge is -2.05. The van der Waals surface area contributed by atoms with Crippen molar-refractivity contribution in [2.75, 3.05) is 6.79 Å². The van der Waals surface area contributed by atoms with Gasteiger partial charge in [0, 0.05) is 6.42 Å². The number of rotatable bonds is 3. The molecule has 2 rings (SSSR count). The molecule has 1 aliphatic rings. The predicted molar refractivity (Wildman–Crippen MR) is 56.2 cm³/mol. The van der Waals surface area contributed by atoms with Crippen molar-refractivity contribution in [1.29, 1.82) is 0 Å². The van der Waals surface area contributed by atoms with Crippen LogP contribution in [0, 0.1) is 0 Å². The van der Waals surface area contributed by atoms with Gasteiger partial charge >= 0.3 is 5.97 Å². The summed E-state index contributed by atoms with van der Waals surface area (Å²) in [5, 5.41) is 8.59. The van der Waals surface area contributed by atoms with Crippen LogP contribution >= 0.6 is 15.9 Å². The zero-order chi connectivity index (χ0) is 10.8. The van der Waals surface area contributed by atoms with Crippen molar-refractivity contribution in [2.45, 2.75) is 12.8 Å². The van der Waals surface area contributed by atoms with Gasteiger partial charge in [0.1, 0.15) is 0 Å². The van der Waals surface area contributed by atoms with Crippen LogP contribution in [0.4, 0.5) is 0 Å². The van der Waals surface area contributed by atoms with Crippen molar-refractivity contribution in [1.82, 2.24) is 0 Å². The van der Waals surface area contributed by atoms with Crippen LogP contribution in [0.15, 0.2) is 16.6 Å². The molecule has 5 heteroatoms. The molecule has 0 fully saturated rings. The number of carboxylic acid groups (broad SMARTS) is 1. The lowest BCUT2D eigenvalue weighted by molar-refractivity contribution is -0.136. The van der Waals surface area contributed by atoms with Gasteiger partial charge < -0.3 is 14.6 Å².